The van der Waals surface area contributed by atoms with Gasteiger partial charge in [0.15, 0.2) is 0 Å². The van der Waals surface area contributed by atoms with Crippen molar-refractivity contribution >= 4 is 5.91 Å². The first-order valence-corrected chi connectivity index (χ1v) is 7.62. The van der Waals surface area contributed by atoms with Crippen LogP contribution in [0.5, 0.6) is 0 Å². The van der Waals surface area contributed by atoms with Crippen LogP contribution in [0.15, 0.2) is 0 Å². The van der Waals surface area contributed by atoms with E-state index in [9.17, 15) is 4.79 Å². The van der Waals surface area contributed by atoms with Gasteiger partial charge >= 0.3 is 0 Å². The summed E-state index contributed by atoms with van der Waals surface area (Å²) < 4.78 is 0. The van der Waals surface area contributed by atoms with Gasteiger partial charge in [0.2, 0.25) is 5.91 Å². The molecule has 0 aromatic heterocycles. The van der Waals surface area contributed by atoms with Crippen molar-refractivity contribution in [3.8, 4) is 0 Å². The zero-order valence-corrected chi connectivity index (χ0v) is 13.5. The highest BCUT2D eigenvalue weighted by Crippen LogP contribution is 2.45. The summed E-state index contributed by atoms with van der Waals surface area (Å²) >= 11 is 0. The first kappa shape index (κ1) is 16.5. The average Bonchev–Trinajstić information content (AvgIpc) is 2.22. The first-order chi connectivity index (χ1) is 8.56. The van der Waals surface area contributed by atoms with Gasteiger partial charge in [-0.15, -0.1) is 0 Å². The predicted octanol–water partition coefficient (Wildman–Crippen LogP) is 3.08. The largest absolute Gasteiger partial charge is 0.352 e. The summed E-state index contributed by atoms with van der Waals surface area (Å²) in [5.41, 5.74) is 6.60. The second-order valence-corrected chi connectivity index (χ2v) is 8.03. The molecule has 1 fully saturated rings. The third kappa shape index (κ3) is 4.79. The van der Waals surface area contributed by atoms with E-state index >= 15 is 0 Å². The lowest BCUT2D eigenvalue weighted by molar-refractivity contribution is -0.125. The second kappa shape index (κ2) is 5.82. The van der Waals surface area contributed by atoms with Crippen LogP contribution < -0.4 is 11.1 Å². The van der Waals surface area contributed by atoms with Crippen LogP contribution in [0.2, 0.25) is 0 Å². The summed E-state index contributed by atoms with van der Waals surface area (Å²) in [7, 11) is 0. The molecule has 0 spiro atoms. The molecule has 1 aliphatic carbocycles. The Hall–Kier alpha value is -0.570. The van der Waals surface area contributed by atoms with Crippen LogP contribution in [-0.2, 0) is 4.79 Å². The van der Waals surface area contributed by atoms with Gasteiger partial charge in [-0.2, -0.15) is 0 Å². The van der Waals surface area contributed by atoms with Gasteiger partial charge in [-0.25, -0.2) is 0 Å². The molecule has 0 aliphatic heterocycles. The Balaban J connectivity index is 2.64. The predicted molar refractivity (Wildman–Crippen MR) is 80.8 cm³/mol. The molecule has 3 nitrogen and oxygen atoms in total. The van der Waals surface area contributed by atoms with Crippen molar-refractivity contribution in [3.63, 3.8) is 0 Å². The van der Waals surface area contributed by atoms with E-state index < -0.39 is 0 Å². The van der Waals surface area contributed by atoms with E-state index in [0.717, 1.165) is 19.3 Å². The molecule has 0 saturated heterocycles. The summed E-state index contributed by atoms with van der Waals surface area (Å²) in [6, 6.07) is -0.112. The molecule has 0 aromatic carbocycles. The number of amides is 1. The molecule has 3 heteroatoms. The number of nitrogens with two attached hydrogens (primary N) is 1. The van der Waals surface area contributed by atoms with Crippen LogP contribution >= 0.6 is 0 Å². The smallest absolute Gasteiger partial charge is 0.237 e. The summed E-state index contributed by atoms with van der Waals surface area (Å²) in [6.07, 6.45) is 4.25. The van der Waals surface area contributed by atoms with E-state index in [1.807, 2.05) is 6.92 Å². The maximum absolute atomic E-state index is 12.2. The first-order valence-electron chi connectivity index (χ1n) is 7.62. The van der Waals surface area contributed by atoms with Crippen molar-refractivity contribution in [1.29, 1.82) is 0 Å². The molecule has 0 bridgehead atoms. The van der Waals surface area contributed by atoms with Crippen LogP contribution in [0.1, 0.15) is 67.2 Å². The highest BCUT2D eigenvalue weighted by Gasteiger charge is 2.39. The number of hydrogen-bond donors (Lipinski definition) is 2. The summed E-state index contributed by atoms with van der Waals surface area (Å²) in [6.45, 7) is 13.3. The van der Waals surface area contributed by atoms with E-state index in [1.165, 1.54) is 6.42 Å². The standard InChI is InChI=1S/C16H32N2O/c1-7-11(2)13(17)14(19)18-12-8-15(3,4)10-16(5,6)9-12/h11-13H,7-10,17H2,1-6H3,(H,18,19)/t11-,13-/m0/s1. The fourth-order valence-electron chi connectivity index (χ4n) is 3.76. The monoisotopic (exact) mass is 268 g/mol. The van der Waals surface area contributed by atoms with Crippen LogP contribution in [0.25, 0.3) is 0 Å². The van der Waals surface area contributed by atoms with Crippen LogP contribution in [-0.4, -0.2) is 18.0 Å². The molecule has 0 unspecified atom stereocenters. The van der Waals surface area contributed by atoms with Gasteiger partial charge in [-0.1, -0.05) is 48.0 Å². The SMILES string of the molecule is CC[C@H](C)[C@H](N)C(=O)NC1CC(C)(C)CC(C)(C)C1. The number of nitrogens with one attached hydrogen (secondary N) is 1. The molecule has 1 aliphatic rings. The minimum atomic E-state index is -0.377. The van der Waals surface area contributed by atoms with Crippen molar-refractivity contribution in [2.75, 3.05) is 0 Å². The summed E-state index contributed by atoms with van der Waals surface area (Å²) in [5.74, 6) is 0.262. The highest BCUT2D eigenvalue weighted by atomic mass is 16.2. The Labute approximate surface area is 118 Å². The zero-order valence-electron chi connectivity index (χ0n) is 13.5. The molecule has 0 heterocycles. The maximum Gasteiger partial charge on any atom is 0.237 e. The van der Waals surface area contributed by atoms with Gasteiger partial charge in [-0.05, 0) is 36.0 Å². The fourth-order valence-corrected chi connectivity index (χ4v) is 3.76. The summed E-state index contributed by atoms with van der Waals surface area (Å²) in [4.78, 5) is 12.2. The topological polar surface area (TPSA) is 55.1 Å². The Morgan fingerprint density at radius 2 is 1.74 bits per heavy atom. The van der Waals surface area contributed by atoms with E-state index in [-0.39, 0.29) is 23.9 Å². The Bertz CT molecular complexity index is 307. The number of hydrogen-bond acceptors (Lipinski definition) is 2. The Morgan fingerprint density at radius 1 is 1.26 bits per heavy atom. The van der Waals surface area contributed by atoms with Gasteiger partial charge < -0.3 is 11.1 Å². The zero-order chi connectivity index (χ0) is 14.8. The van der Waals surface area contributed by atoms with Crippen LogP contribution in [0, 0.1) is 16.7 Å². The number of rotatable bonds is 4. The Morgan fingerprint density at radius 3 is 2.16 bits per heavy atom. The summed E-state index contributed by atoms with van der Waals surface area (Å²) in [5, 5.41) is 3.18. The lowest BCUT2D eigenvalue weighted by Crippen LogP contribution is -2.52. The molecule has 19 heavy (non-hydrogen) atoms. The van der Waals surface area contributed by atoms with Gasteiger partial charge in [0, 0.05) is 6.04 Å². The third-order valence-corrected chi connectivity index (χ3v) is 4.46. The van der Waals surface area contributed by atoms with E-state index in [1.54, 1.807) is 0 Å². The molecule has 2 atom stereocenters. The van der Waals surface area contributed by atoms with Crippen LogP contribution in [0.4, 0.5) is 0 Å². The van der Waals surface area contributed by atoms with Gasteiger partial charge in [0.1, 0.15) is 0 Å². The lowest BCUT2D eigenvalue weighted by Gasteiger charge is -2.45. The van der Waals surface area contributed by atoms with Crippen molar-refractivity contribution < 1.29 is 4.79 Å². The second-order valence-electron chi connectivity index (χ2n) is 8.03. The average molecular weight is 268 g/mol. The van der Waals surface area contributed by atoms with E-state index in [0.29, 0.717) is 10.8 Å². The van der Waals surface area contributed by atoms with Gasteiger partial charge in [0.25, 0.3) is 0 Å². The molecule has 1 saturated carbocycles. The van der Waals surface area contributed by atoms with Gasteiger partial charge in [0.05, 0.1) is 6.04 Å². The number of carbonyl (C=O) groups is 1. The lowest BCUT2D eigenvalue weighted by atomic mass is 9.63. The number of carbonyl (C=O) groups excluding carboxylic acids is 1. The minimum Gasteiger partial charge on any atom is -0.352 e. The van der Waals surface area contributed by atoms with Crippen molar-refractivity contribution in [2.24, 2.45) is 22.5 Å². The fraction of sp³-hybridized carbons (Fsp3) is 0.938. The molecule has 0 radical (unpaired) electrons. The highest BCUT2D eigenvalue weighted by molar-refractivity contribution is 5.82. The molecule has 1 amide bonds. The molecule has 0 aromatic rings. The van der Waals surface area contributed by atoms with E-state index in [2.05, 4.69) is 39.9 Å². The van der Waals surface area contributed by atoms with Crippen molar-refractivity contribution in [3.05, 3.63) is 0 Å². The molecule has 1 rings (SSSR count). The third-order valence-electron chi connectivity index (χ3n) is 4.46. The molecule has 3 N–H and O–H groups in total. The molecular formula is C16H32N2O. The quantitative estimate of drug-likeness (QED) is 0.823. The molecular weight excluding hydrogens is 236 g/mol. The van der Waals surface area contributed by atoms with E-state index in [4.69, 9.17) is 5.73 Å². The van der Waals surface area contributed by atoms with Crippen molar-refractivity contribution in [1.82, 2.24) is 5.32 Å². The van der Waals surface area contributed by atoms with Crippen LogP contribution in [0.3, 0.4) is 0 Å². The minimum absolute atomic E-state index is 0.0212. The Kier molecular flexibility index (Phi) is 5.05. The van der Waals surface area contributed by atoms with Crippen molar-refractivity contribution in [2.45, 2.75) is 79.3 Å². The normalized spacial score (nSPS) is 25.6. The van der Waals surface area contributed by atoms with Gasteiger partial charge in [-0.3, -0.25) is 4.79 Å². The molecule has 112 valence electrons. The maximum atomic E-state index is 12.2.